The van der Waals surface area contributed by atoms with Crippen molar-refractivity contribution in [1.82, 2.24) is 0 Å². The highest BCUT2D eigenvalue weighted by molar-refractivity contribution is 5.15. The molecule has 7 heavy (non-hydrogen) atoms. The summed E-state index contributed by atoms with van der Waals surface area (Å²) in [7, 11) is 0. The summed E-state index contributed by atoms with van der Waals surface area (Å²) in [6.45, 7) is 3.76. The standard InChI is InChI=1S/C7H7/c1-7-5-3-2-4-6-7/h6H,1,3,5H2. The molecule has 1 aliphatic rings. The molecular formula is C7H7. The molecule has 0 saturated heterocycles. The van der Waals surface area contributed by atoms with Gasteiger partial charge in [0.1, 0.15) is 0 Å². The van der Waals surface area contributed by atoms with Crippen LogP contribution in [0.25, 0.3) is 0 Å². The minimum atomic E-state index is 0.995. The summed E-state index contributed by atoms with van der Waals surface area (Å²) in [4.78, 5) is 0. The lowest BCUT2D eigenvalue weighted by atomic mass is 10.0. The van der Waals surface area contributed by atoms with Crippen molar-refractivity contribution < 1.29 is 0 Å². The molecule has 0 heteroatoms. The van der Waals surface area contributed by atoms with Crippen molar-refractivity contribution in [3.05, 3.63) is 30.7 Å². The van der Waals surface area contributed by atoms with E-state index in [9.17, 15) is 0 Å². The van der Waals surface area contributed by atoms with Crippen molar-refractivity contribution >= 4 is 0 Å². The second-order valence-corrected chi connectivity index (χ2v) is 1.62. The Morgan fingerprint density at radius 1 is 1.71 bits per heavy atom. The summed E-state index contributed by atoms with van der Waals surface area (Å²) in [6, 6.07) is 0. The molecule has 0 aromatic heterocycles. The highest BCUT2D eigenvalue weighted by atomic mass is 14.0. The predicted octanol–water partition coefficient (Wildman–Crippen LogP) is 1.70. The average Bonchev–Trinajstić information content (AvgIpc) is 1.69. The molecule has 0 spiro atoms. The first-order chi connectivity index (χ1) is 3.39. The number of hydrogen-bond donors (Lipinski definition) is 0. The van der Waals surface area contributed by atoms with Crippen LogP contribution in [-0.4, -0.2) is 0 Å². The summed E-state index contributed by atoms with van der Waals surface area (Å²) in [5.74, 6) is 0. The minimum absolute atomic E-state index is 0.995. The Balaban J connectivity index is 2.47. The molecule has 3 radical (unpaired) electrons. The Kier molecular flexibility index (Phi) is 1.30. The highest BCUT2D eigenvalue weighted by Crippen LogP contribution is 2.10. The van der Waals surface area contributed by atoms with Crippen LogP contribution in [-0.2, 0) is 0 Å². The Morgan fingerprint density at radius 3 is 2.86 bits per heavy atom. The second kappa shape index (κ2) is 1.97. The molecule has 0 N–H and O–H groups in total. The fourth-order valence-corrected chi connectivity index (χ4v) is 0.520. The topological polar surface area (TPSA) is 0 Å². The quantitative estimate of drug-likeness (QED) is 0.425. The summed E-state index contributed by atoms with van der Waals surface area (Å²) >= 11 is 0. The van der Waals surface area contributed by atoms with Crippen LogP contribution in [0.2, 0.25) is 0 Å². The molecule has 0 atom stereocenters. The third-order valence-electron chi connectivity index (χ3n) is 0.949. The Morgan fingerprint density at radius 2 is 2.57 bits per heavy atom. The molecule has 0 aliphatic heterocycles. The van der Waals surface area contributed by atoms with Crippen molar-refractivity contribution in [1.29, 1.82) is 0 Å². The van der Waals surface area contributed by atoms with Crippen LogP contribution >= 0.6 is 0 Å². The molecule has 0 heterocycles. The molecule has 0 aromatic carbocycles. The van der Waals surface area contributed by atoms with E-state index in [1.54, 1.807) is 0 Å². The first kappa shape index (κ1) is 4.63. The van der Waals surface area contributed by atoms with Gasteiger partial charge < -0.3 is 0 Å². The SMILES string of the molecule is C=C1[CH][C]=[C]CC1. The third kappa shape index (κ3) is 1.19. The van der Waals surface area contributed by atoms with Gasteiger partial charge in [0, 0.05) is 6.42 Å². The Bertz CT molecular complexity index is 98.6. The summed E-state index contributed by atoms with van der Waals surface area (Å²) < 4.78 is 0. The first-order valence-corrected chi connectivity index (χ1v) is 2.39. The van der Waals surface area contributed by atoms with Crippen LogP contribution < -0.4 is 0 Å². The fourth-order valence-electron chi connectivity index (χ4n) is 0.520. The van der Waals surface area contributed by atoms with Gasteiger partial charge in [-0.05, 0) is 25.0 Å². The maximum atomic E-state index is 3.76. The van der Waals surface area contributed by atoms with E-state index in [0.717, 1.165) is 12.8 Å². The summed E-state index contributed by atoms with van der Waals surface area (Å²) in [5.41, 5.74) is 1.17. The zero-order chi connectivity index (χ0) is 5.11. The van der Waals surface area contributed by atoms with E-state index in [0.29, 0.717) is 0 Å². The number of rotatable bonds is 0. The van der Waals surface area contributed by atoms with E-state index in [4.69, 9.17) is 0 Å². The minimum Gasteiger partial charge on any atom is -0.0992 e. The van der Waals surface area contributed by atoms with Crippen LogP contribution in [0.4, 0.5) is 0 Å². The smallest absolute Gasteiger partial charge is 0.0158 e. The normalized spacial score (nSPS) is 20.3. The molecule has 1 rings (SSSR count). The van der Waals surface area contributed by atoms with Gasteiger partial charge in [0.05, 0.1) is 0 Å². The van der Waals surface area contributed by atoms with Crippen molar-refractivity contribution in [3.8, 4) is 0 Å². The van der Waals surface area contributed by atoms with E-state index in [1.165, 1.54) is 5.57 Å². The third-order valence-corrected chi connectivity index (χ3v) is 0.949. The van der Waals surface area contributed by atoms with Crippen molar-refractivity contribution in [2.75, 3.05) is 0 Å². The van der Waals surface area contributed by atoms with Crippen LogP contribution in [0.1, 0.15) is 12.8 Å². The van der Waals surface area contributed by atoms with Gasteiger partial charge in [-0.2, -0.15) is 0 Å². The maximum Gasteiger partial charge on any atom is 0.0158 e. The Hall–Kier alpha value is -0.520. The van der Waals surface area contributed by atoms with Gasteiger partial charge in [-0.3, -0.25) is 0 Å². The van der Waals surface area contributed by atoms with Gasteiger partial charge in [0.2, 0.25) is 0 Å². The lowest BCUT2D eigenvalue weighted by Crippen LogP contribution is -1.85. The van der Waals surface area contributed by atoms with E-state index in [2.05, 4.69) is 18.7 Å². The van der Waals surface area contributed by atoms with E-state index in [-0.39, 0.29) is 0 Å². The van der Waals surface area contributed by atoms with Crippen molar-refractivity contribution in [2.24, 2.45) is 0 Å². The van der Waals surface area contributed by atoms with Crippen molar-refractivity contribution in [2.45, 2.75) is 12.8 Å². The molecule has 1 aliphatic carbocycles. The zero-order valence-corrected chi connectivity index (χ0v) is 4.20. The number of allylic oxidation sites excluding steroid dienone is 3. The molecule has 0 aromatic rings. The molecular weight excluding hydrogens is 84.1 g/mol. The van der Waals surface area contributed by atoms with E-state index in [1.807, 2.05) is 6.42 Å². The van der Waals surface area contributed by atoms with Crippen LogP contribution in [0.5, 0.6) is 0 Å². The van der Waals surface area contributed by atoms with Crippen LogP contribution in [0.15, 0.2) is 12.2 Å². The van der Waals surface area contributed by atoms with Crippen LogP contribution in [0, 0.1) is 18.6 Å². The Labute approximate surface area is 44.5 Å². The lowest BCUT2D eigenvalue weighted by Gasteiger charge is -2.01. The summed E-state index contributed by atoms with van der Waals surface area (Å²) in [6.07, 6.45) is 9.75. The monoisotopic (exact) mass is 91.1 g/mol. The lowest BCUT2D eigenvalue weighted by molar-refractivity contribution is 0.940. The largest absolute Gasteiger partial charge is 0.0992 e. The van der Waals surface area contributed by atoms with Gasteiger partial charge in [-0.1, -0.05) is 12.2 Å². The predicted molar refractivity (Wildman–Crippen MR) is 29.2 cm³/mol. The van der Waals surface area contributed by atoms with Crippen molar-refractivity contribution in [3.63, 3.8) is 0 Å². The molecule has 0 saturated carbocycles. The number of hydrogen-bond acceptors (Lipinski definition) is 0. The zero-order valence-electron chi connectivity index (χ0n) is 4.20. The van der Waals surface area contributed by atoms with Gasteiger partial charge in [0.25, 0.3) is 0 Å². The molecule has 0 bridgehead atoms. The van der Waals surface area contributed by atoms with E-state index >= 15 is 0 Å². The average molecular weight is 91.1 g/mol. The molecule has 0 unspecified atom stereocenters. The molecule has 0 nitrogen and oxygen atoms in total. The second-order valence-electron chi connectivity index (χ2n) is 1.62. The molecule has 35 valence electrons. The van der Waals surface area contributed by atoms with Gasteiger partial charge in [-0.25, -0.2) is 0 Å². The van der Waals surface area contributed by atoms with Gasteiger partial charge in [0.15, 0.2) is 0 Å². The summed E-state index contributed by atoms with van der Waals surface area (Å²) in [5, 5.41) is 0. The fraction of sp³-hybridized carbons (Fsp3) is 0.286. The van der Waals surface area contributed by atoms with E-state index < -0.39 is 0 Å². The molecule has 0 fully saturated rings. The molecule has 0 amide bonds. The van der Waals surface area contributed by atoms with Gasteiger partial charge >= 0.3 is 0 Å². The highest BCUT2D eigenvalue weighted by Gasteiger charge is 1.95. The van der Waals surface area contributed by atoms with Crippen LogP contribution in [0.3, 0.4) is 0 Å². The first-order valence-electron chi connectivity index (χ1n) is 2.39. The van der Waals surface area contributed by atoms with Gasteiger partial charge in [-0.15, -0.1) is 0 Å². The maximum absolute atomic E-state index is 3.76.